The summed E-state index contributed by atoms with van der Waals surface area (Å²) < 4.78 is 10.3. The molecule has 5 heteroatoms. The fourth-order valence-electron chi connectivity index (χ4n) is 1.04. The van der Waals surface area contributed by atoms with E-state index < -0.39 is 19.8 Å². The highest BCUT2D eigenvalue weighted by molar-refractivity contribution is 6.80. The van der Waals surface area contributed by atoms with Gasteiger partial charge in [-0.15, -0.1) is 0 Å². The molecule has 0 amide bonds. The van der Waals surface area contributed by atoms with Crippen molar-refractivity contribution in [2.24, 2.45) is 0 Å². The van der Waals surface area contributed by atoms with Gasteiger partial charge in [0.2, 0.25) is 0 Å². The molecule has 1 atom stereocenters. The van der Waals surface area contributed by atoms with Crippen molar-refractivity contribution in [3.63, 3.8) is 0 Å². The highest BCUT2D eigenvalue weighted by atomic mass is 28.3. The lowest BCUT2D eigenvalue weighted by molar-refractivity contribution is -0.313. The van der Waals surface area contributed by atoms with Crippen LogP contribution in [0.25, 0.3) is 0 Å². The molecule has 0 saturated heterocycles. The third-order valence-corrected chi connectivity index (χ3v) is 3.69. The maximum absolute atomic E-state index is 10.8. The molecule has 14 heavy (non-hydrogen) atoms. The van der Waals surface area contributed by atoms with Crippen molar-refractivity contribution in [3.8, 4) is 0 Å². The number of aliphatic carboxylic acids is 1. The van der Waals surface area contributed by atoms with Gasteiger partial charge in [-0.2, -0.15) is 0 Å². The lowest BCUT2D eigenvalue weighted by Gasteiger charge is -2.29. The summed E-state index contributed by atoms with van der Waals surface area (Å²) in [5.41, 5.74) is -0.747. The molecular weight excluding hydrogens is 200 g/mol. The first-order valence-corrected chi connectivity index (χ1v) is 8.37. The number of carbonyl (C=O) groups is 1. The van der Waals surface area contributed by atoms with Gasteiger partial charge < -0.3 is 19.4 Å². The van der Waals surface area contributed by atoms with Crippen LogP contribution in [0.2, 0.25) is 19.6 Å². The minimum atomic E-state index is -1.85. The van der Waals surface area contributed by atoms with Crippen LogP contribution in [0, 0.1) is 0 Å². The molecule has 0 saturated carbocycles. The Balaban J connectivity index is 3.94. The van der Waals surface area contributed by atoms with Crippen LogP contribution in [0.4, 0.5) is 0 Å². The molecule has 4 nitrogen and oxygen atoms in total. The molecule has 0 aliphatic heterocycles. The lowest BCUT2D eigenvalue weighted by atomic mass is 10.7. The molecule has 0 aromatic carbocycles. The Morgan fingerprint density at radius 3 is 2.29 bits per heavy atom. The summed E-state index contributed by atoms with van der Waals surface area (Å²) in [6, 6.07) is 0. The Bertz CT molecular complexity index is 176. The molecule has 0 aliphatic rings. The zero-order valence-electron chi connectivity index (χ0n) is 9.33. The van der Waals surface area contributed by atoms with E-state index in [4.69, 9.17) is 9.47 Å². The molecule has 0 fully saturated rings. The average Bonchev–Trinajstić information content (AvgIpc) is 2.01. The molecule has 0 rings (SSSR count). The smallest absolute Gasteiger partial charge is 0.0860 e. The predicted octanol–water partition coefficient (Wildman–Crippen LogP) is 0.0354. The second-order valence-corrected chi connectivity index (χ2v) is 9.39. The number of ether oxygens (including phenoxy) is 2. The number of carbonyl (C=O) groups excluding carboxylic acids is 1. The minimum Gasteiger partial charge on any atom is -0.548 e. The van der Waals surface area contributed by atoms with Crippen LogP contribution in [-0.2, 0) is 14.3 Å². The second kappa shape index (κ2) is 6.16. The van der Waals surface area contributed by atoms with Crippen molar-refractivity contribution >= 4 is 14.0 Å². The molecular formula is C9H19O4Si-. The maximum atomic E-state index is 10.8. The van der Waals surface area contributed by atoms with Crippen molar-refractivity contribution < 1.29 is 19.4 Å². The van der Waals surface area contributed by atoms with E-state index in [2.05, 4.69) is 0 Å². The highest BCUT2D eigenvalue weighted by Crippen LogP contribution is 2.10. The van der Waals surface area contributed by atoms with E-state index in [1.807, 2.05) is 26.6 Å². The predicted molar refractivity (Wildman–Crippen MR) is 54.6 cm³/mol. The number of carboxylic acids is 1. The Hall–Kier alpha value is -0.393. The number of hydrogen-bond acceptors (Lipinski definition) is 4. The summed E-state index contributed by atoms with van der Waals surface area (Å²) in [4.78, 5) is 10.8. The normalized spacial score (nSPS) is 14.0. The molecule has 84 valence electrons. The van der Waals surface area contributed by atoms with Crippen molar-refractivity contribution in [2.45, 2.75) is 32.3 Å². The van der Waals surface area contributed by atoms with Gasteiger partial charge in [0.25, 0.3) is 0 Å². The molecule has 0 bridgehead atoms. The Morgan fingerprint density at radius 2 is 1.93 bits per heavy atom. The summed E-state index contributed by atoms with van der Waals surface area (Å²) in [7, 11) is -1.85. The fourth-order valence-corrected chi connectivity index (χ4v) is 2.37. The van der Waals surface area contributed by atoms with E-state index >= 15 is 0 Å². The summed E-state index contributed by atoms with van der Waals surface area (Å²) >= 11 is 0. The average molecular weight is 219 g/mol. The van der Waals surface area contributed by atoms with Gasteiger partial charge in [-0.1, -0.05) is 19.6 Å². The minimum absolute atomic E-state index is 0.316. The number of hydrogen-bond donors (Lipinski definition) is 0. The van der Waals surface area contributed by atoms with E-state index in [1.165, 1.54) is 0 Å². The van der Waals surface area contributed by atoms with E-state index in [0.29, 0.717) is 19.8 Å². The van der Waals surface area contributed by atoms with Crippen molar-refractivity contribution in [1.82, 2.24) is 0 Å². The van der Waals surface area contributed by atoms with Crippen LogP contribution in [0.15, 0.2) is 0 Å². The largest absolute Gasteiger partial charge is 0.548 e. The third-order valence-electron chi connectivity index (χ3n) is 1.72. The van der Waals surface area contributed by atoms with Crippen molar-refractivity contribution in [3.05, 3.63) is 0 Å². The first kappa shape index (κ1) is 13.6. The molecule has 0 aromatic heterocycles. The van der Waals surface area contributed by atoms with Crippen LogP contribution in [0.1, 0.15) is 6.92 Å². The first-order valence-electron chi connectivity index (χ1n) is 4.79. The topological polar surface area (TPSA) is 58.6 Å². The molecule has 0 aromatic rings. The van der Waals surface area contributed by atoms with E-state index in [9.17, 15) is 9.90 Å². The monoisotopic (exact) mass is 219 g/mol. The third kappa shape index (κ3) is 5.36. The highest BCUT2D eigenvalue weighted by Gasteiger charge is 2.28. The Morgan fingerprint density at radius 1 is 1.36 bits per heavy atom. The molecule has 1 unspecified atom stereocenters. The van der Waals surface area contributed by atoms with Crippen LogP contribution in [0.3, 0.4) is 0 Å². The van der Waals surface area contributed by atoms with E-state index in [0.717, 1.165) is 0 Å². The second-order valence-electron chi connectivity index (χ2n) is 4.13. The quantitative estimate of drug-likeness (QED) is 0.448. The summed E-state index contributed by atoms with van der Waals surface area (Å²) in [6.45, 7) is 9.07. The van der Waals surface area contributed by atoms with E-state index in [1.54, 1.807) is 0 Å². The molecule has 0 heterocycles. The zero-order valence-corrected chi connectivity index (χ0v) is 10.3. The van der Waals surface area contributed by atoms with E-state index in [-0.39, 0.29) is 0 Å². The summed E-state index contributed by atoms with van der Waals surface area (Å²) in [6.07, 6.45) is 0. The number of carboxylic acid groups (broad SMARTS) is 1. The van der Waals surface area contributed by atoms with Gasteiger partial charge in [0.1, 0.15) is 0 Å². The molecule has 0 spiro atoms. The first-order chi connectivity index (χ1) is 6.39. The van der Waals surface area contributed by atoms with Gasteiger partial charge in [0.05, 0.1) is 33.0 Å². The van der Waals surface area contributed by atoms with Crippen molar-refractivity contribution in [1.29, 1.82) is 0 Å². The molecule has 0 aliphatic carbocycles. The standard InChI is InChI=1S/C9H20O4Si/c1-5-12-6-7-13-9(8(10)11)14(2,3)4/h9H,5-7H2,1-4H3,(H,10,11)/p-1. The zero-order chi connectivity index (χ0) is 11.2. The van der Waals surface area contributed by atoms with Crippen LogP contribution < -0.4 is 5.11 Å². The Kier molecular flexibility index (Phi) is 5.99. The maximum Gasteiger partial charge on any atom is 0.0860 e. The molecule has 0 N–H and O–H groups in total. The van der Waals surface area contributed by atoms with Gasteiger partial charge in [-0.05, 0) is 6.92 Å². The summed E-state index contributed by atoms with van der Waals surface area (Å²) in [5.74, 6) is -1.11. The van der Waals surface area contributed by atoms with Crippen molar-refractivity contribution in [2.75, 3.05) is 19.8 Å². The van der Waals surface area contributed by atoms with Crippen LogP contribution >= 0.6 is 0 Å². The van der Waals surface area contributed by atoms with Gasteiger partial charge in [0, 0.05) is 6.61 Å². The Labute approximate surface area is 86.2 Å². The van der Waals surface area contributed by atoms with Crippen LogP contribution in [0.5, 0.6) is 0 Å². The van der Waals surface area contributed by atoms with Gasteiger partial charge in [-0.25, -0.2) is 0 Å². The number of rotatable bonds is 7. The van der Waals surface area contributed by atoms with Gasteiger partial charge >= 0.3 is 0 Å². The van der Waals surface area contributed by atoms with Crippen LogP contribution in [-0.4, -0.2) is 39.6 Å². The lowest BCUT2D eigenvalue weighted by Crippen LogP contribution is -2.52. The van der Waals surface area contributed by atoms with Gasteiger partial charge in [-0.3, -0.25) is 0 Å². The summed E-state index contributed by atoms with van der Waals surface area (Å²) in [5, 5.41) is 10.8. The SMILES string of the molecule is CCOCCOC(C(=O)[O-])[Si](C)(C)C. The van der Waals surface area contributed by atoms with Gasteiger partial charge in [0.15, 0.2) is 0 Å². The fraction of sp³-hybridized carbons (Fsp3) is 0.889. The molecule has 0 radical (unpaired) electrons.